The zero-order valence-electron chi connectivity index (χ0n) is 16.8. The zero-order chi connectivity index (χ0) is 20.9. The van der Waals surface area contributed by atoms with E-state index in [1.807, 2.05) is 48.5 Å². The standard InChI is InChI=1S/C23H23N3O3S/c1-29-16-15-26(23-24-19-5-2-3-6-20(19)30-23)22(28)13-10-17-8-11-18(12-9-17)25-14-4-7-21(25)27/h2-3,5-6,8-13H,4,7,14-16H2,1H3/b13-10+. The lowest BCUT2D eigenvalue weighted by molar-refractivity contribution is -0.117. The number of thiazole rings is 1. The fraction of sp³-hybridized carbons (Fsp3) is 0.261. The lowest BCUT2D eigenvalue weighted by atomic mass is 10.2. The fourth-order valence-corrected chi connectivity index (χ4v) is 4.40. The van der Waals surface area contributed by atoms with Gasteiger partial charge in [-0.2, -0.15) is 0 Å². The molecule has 3 aromatic rings. The smallest absolute Gasteiger partial charge is 0.252 e. The van der Waals surface area contributed by atoms with Gasteiger partial charge in [0.05, 0.1) is 23.4 Å². The Morgan fingerprint density at radius 2 is 2.03 bits per heavy atom. The third-order valence-corrected chi connectivity index (χ3v) is 6.05. The Morgan fingerprint density at radius 1 is 1.23 bits per heavy atom. The number of para-hydroxylation sites is 1. The molecule has 0 spiro atoms. The van der Waals surface area contributed by atoms with Crippen LogP contribution in [0.3, 0.4) is 0 Å². The van der Waals surface area contributed by atoms with E-state index < -0.39 is 0 Å². The van der Waals surface area contributed by atoms with E-state index in [1.54, 1.807) is 29.1 Å². The summed E-state index contributed by atoms with van der Waals surface area (Å²) in [5.74, 6) is 0.0167. The predicted molar refractivity (Wildman–Crippen MR) is 121 cm³/mol. The Labute approximate surface area is 179 Å². The Morgan fingerprint density at radius 3 is 2.73 bits per heavy atom. The van der Waals surface area contributed by atoms with Gasteiger partial charge in [-0.05, 0) is 42.3 Å². The summed E-state index contributed by atoms with van der Waals surface area (Å²) in [5.41, 5.74) is 2.68. The molecular formula is C23H23N3O3S. The number of methoxy groups -OCH3 is 1. The average Bonchev–Trinajstić information content (AvgIpc) is 3.39. The third kappa shape index (κ3) is 4.42. The summed E-state index contributed by atoms with van der Waals surface area (Å²) in [5, 5.41) is 0.658. The molecular weight excluding hydrogens is 398 g/mol. The fourth-order valence-electron chi connectivity index (χ4n) is 3.40. The molecule has 2 heterocycles. The van der Waals surface area contributed by atoms with Crippen LogP contribution in [-0.2, 0) is 14.3 Å². The second-order valence-electron chi connectivity index (χ2n) is 7.02. The first-order valence-electron chi connectivity index (χ1n) is 9.90. The molecule has 0 unspecified atom stereocenters. The normalized spacial score (nSPS) is 14.2. The third-order valence-electron chi connectivity index (χ3n) is 5.00. The first-order valence-corrected chi connectivity index (χ1v) is 10.7. The molecule has 0 saturated carbocycles. The minimum Gasteiger partial charge on any atom is -0.383 e. The van der Waals surface area contributed by atoms with Crippen molar-refractivity contribution in [1.29, 1.82) is 0 Å². The van der Waals surface area contributed by atoms with Gasteiger partial charge in [0.1, 0.15) is 0 Å². The molecule has 0 aliphatic carbocycles. The first-order chi connectivity index (χ1) is 14.7. The number of benzene rings is 2. The van der Waals surface area contributed by atoms with E-state index in [0.29, 0.717) is 24.7 Å². The number of amides is 2. The Kier molecular flexibility index (Phi) is 6.21. The summed E-state index contributed by atoms with van der Waals surface area (Å²) >= 11 is 1.49. The van der Waals surface area contributed by atoms with Gasteiger partial charge < -0.3 is 9.64 Å². The molecule has 0 radical (unpaired) electrons. The van der Waals surface area contributed by atoms with Crippen LogP contribution in [0.15, 0.2) is 54.6 Å². The largest absolute Gasteiger partial charge is 0.383 e. The van der Waals surface area contributed by atoms with Crippen LogP contribution >= 0.6 is 11.3 Å². The van der Waals surface area contributed by atoms with Crippen molar-refractivity contribution in [2.24, 2.45) is 0 Å². The van der Waals surface area contributed by atoms with E-state index in [0.717, 1.165) is 34.4 Å². The van der Waals surface area contributed by atoms with E-state index >= 15 is 0 Å². The van der Waals surface area contributed by atoms with Gasteiger partial charge in [0.15, 0.2) is 5.13 Å². The highest BCUT2D eigenvalue weighted by molar-refractivity contribution is 7.22. The minimum absolute atomic E-state index is 0.148. The maximum absolute atomic E-state index is 12.9. The molecule has 6 nitrogen and oxygen atoms in total. The molecule has 1 aliphatic rings. The van der Waals surface area contributed by atoms with Crippen molar-refractivity contribution in [1.82, 2.24) is 4.98 Å². The minimum atomic E-state index is -0.148. The van der Waals surface area contributed by atoms with Crippen LogP contribution < -0.4 is 9.80 Å². The first kappa shape index (κ1) is 20.3. The van der Waals surface area contributed by atoms with Gasteiger partial charge in [-0.15, -0.1) is 0 Å². The summed E-state index contributed by atoms with van der Waals surface area (Å²) in [6, 6.07) is 15.5. The molecule has 154 valence electrons. The Balaban J connectivity index is 1.50. The van der Waals surface area contributed by atoms with E-state index in [4.69, 9.17) is 4.74 Å². The molecule has 1 fully saturated rings. The summed E-state index contributed by atoms with van der Waals surface area (Å²) in [6.45, 7) is 1.62. The van der Waals surface area contributed by atoms with Crippen molar-refractivity contribution in [3.63, 3.8) is 0 Å². The molecule has 7 heteroatoms. The number of hydrogen-bond donors (Lipinski definition) is 0. The van der Waals surface area contributed by atoms with Gasteiger partial charge in [0.2, 0.25) is 5.91 Å². The number of carbonyl (C=O) groups is 2. The van der Waals surface area contributed by atoms with Crippen LogP contribution in [0.1, 0.15) is 18.4 Å². The number of nitrogens with zero attached hydrogens (tertiary/aromatic N) is 3. The maximum atomic E-state index is 12.9. The van der Waals surface area contributed by atoms with E-state index in [-0.39, 0.29) is 11.8 Å². The van der Waals surface area contributed by atoms with E-state index in [9.17, 15) is 9.59 Å². The molecule has 0 N–H and O–H groups in total. The topological polar surface area (TPSA) is 62.7 Å². The van der Waals surface area contributed by atoms with Gasteiger partial charge in [0, 0.05) is 31.8 Å². The van der Waals surface area contributed by atoms with Gasteiger partial charge in [-0.1, -0.05) is 35.6 Å². The predicted octanol–water partition coefficient (Wildman–Crippen LogP) is 4.12. The molecule has 1 aliphatic heterocycles. The summed E-state index contributed by atoms with van der Waals surface area (Å²) in [4.78, 5) is 32.8. The summed E-state index contributed by atoms with van der Waals surface area (Å²) in [6.07, 6.45) is 4.85. The van der Waals surface area contributed by atoms with Crippen molar-refractivity contribution in [2.75, 3.05) is 36.6 Å². The van der Waals surface area contributed by atoms with Crippen molar-refractivity contribution in [3.05, 3.63) is 60.2 Å². The molecule has 4 rings (SSSR count). The van der Waals surface area contributed by atoms with Crippen LogP contribution in [0, 0.1) is 0 Å². The second-order valence-corrected chi connectivity index (χ2v) is 8.03. The summed E-state index contributed by atoms with van der Waals surface area (Å²) in [7, 11) is 1.61. The van der Waals surface area contributed by atoms with Gasteiger partial charge in [0.25, 0.3) is 5.91 Å². The molecule has 0 bridgehead atoms. The quantitative estimate of drug-likeness (QED) is 0.539. The Bertz CT molecular complexity index is 1040. The molecule has 0 atom stereocenters. The number of carbonyl (C=O) groups excluding carboxylic acids is 2. The second kappa shape index (κ2) is 9.19. The van der Waals surface area contributed by atoms with Crippen molar-refractivity contribution >= 4 is 50.3 Å². The van der Waals surface area contributed by atoms with E-state index in [1.165, 1.54) is 11.3 Å². The van der Waals surface area contributed by atoms with Crippen LogP contribution in [0.25, 0.3) is 16.3 Å². The molecule has 2 amide bonds. The van der Waals surface area contributed by atoms with Gasteiger partial charge in [-0.3, -0.25) is 14.5 Å². The lowest BCUT2D eigenvalue weighted by Gasteiger charge is -2.17. The van der Waals surface area contributed by atoms with Crippen molar-refractivity contribution < 1.29 is 14.3 Å². The number of fused-ring (bicyclic) bond motifs is 1. The number of hydrogen-bond acceptors (Lipinski definition) is 5. The van der Waals surface area contributed by atoms with Gasteiger partial charge in [-0.25, -0.2) is 4.98 Å². The molecule has 1 aromatic heterocycles. The number of aromatic nitrogens is 1. The number of anilines is 2. The van der Waals surface area contributed by atoms with Crippen molar-refractivity contribution in [3.8, 4) is 0 Å². The maximum Gasteiger partial charge on any atom is 0.252 e. The van der Waals surface area contributed by atoms with Crippen LogP contribution in [0.2, 0.25) is 0 Å². The van der Waals surface area contributed by atoms with Crippen LogP contribution in [0.5, 0.6) is 0 Å². The van der Waals surface area contributed by atoms with E-state index in [2.05, 4.69) is 4.98 Å². The monoisotopic (exact) mass is 421 g/mol. The highest BCUT2D eigenvalue weighted by Gasteiger charge is 2.21. The molecule has 2 aromatic carbocycles. The lowest BCUT2D eigenvalue weighted by Crippen LogP contribution is -2.32. The Hall–Kier alpha value is -3.03. The van der Waals surface area contributed by atoms with Crippen LogP contribution in [0.4, 0.5) is 10.8 Å². The SMILES string of the molecule is COCCN(C(=O)/C=C/c1ccc(N2CCCC2=O)cc1)c1nc2ccccc2s1. The summed E-state index contributed by atoms with van der Waals surface area (Å²) < 4.78 is 6.22. The number of rotatable bonds is 7. The molecule has 1 saturated heterocycles. The highest BCUT2D eigenvalue weighted by Crippen LogP contribution is 2.29. The van der Waals surface area contributed by atoms with Crippen LogP contribution in [-0.4, -0.2) is 43.6 Å². The average molecular weight is 422 g/mol. The van der Waals surface area contributed by atoms with Gasteiger partial charge >= 0.3 is 0 Å². The highest BCUT2D eigenvalue weighted by atomic mass is 32.1. The molecule has 30 heavy (non-hydrogen) atoms. The zero-order valence-corrected chi connectivity index (χ0v) is 17.6. The van der Waals surface area contributed by atoms with Crippen molar-refractivity contribution in [2.45, 2.75) is 12.8 Å². The number of ether oxygens (including phenoxy) is 1.